The minimum absolute atomic E-state index is 0. The second-order valence-electron chi connectivity index (χ2n) is 11.6. The van der Waals surface area contributed by atoms with Crippen LogP contribution in [0.5, 0.6) is 0 Å². The Morgan fingerprint density at radius 1 is 0.543 bits per heavy atom. The van der Waals surface area contributed by atoms with E-state index in [-0.39, 0.29) is 50.7 Å². The number of fused-ring (bicyclic) bond motifs is 2. The Labute approximate surface area is 310 Å². The molecule has 0 N–H and O–H groups in total. The van der Waals surface area contributed by atoms with Gasteiger partial charge in [-0.05, 0) is 37.8 Å². The first-order valence-corrected chi connectivity index (χ1v) is 16.1. The molecular formula is C43H50Cl2Hf. The Bertz CT molecular complexity index is 1560. The fourth-order valence-corrected chi connectivity index (χ4v) is 5.61. The molecule has 0 unspecified atom stereocenters. The number of rotatable bonds is 8. The van der Waals surface area contributed by atoms with E-state index >= 15 is 0 Å². The molecule has 0 saturated carbocycles. The summed E-state index contributed by atoms with van der Waals surface area (Å²) in [7, 11) is 0. The van der Waals surface area contributed by atoms with Crippen LogP contribution >= 0.6 is 24.8 Å². The molecule has 0 atom stereocenters. The van der Waals surface area contributed by atoms with E-state index in [1.165, 1.54) is 105 Å². The average Bonchev–Trinajstić information content (AvgIpc) is 3.64. The third-order valence-corrected chi connectivity index (χ3v) is 7.98. The van der Waals surface area contributed by atoms with Crippen molar-refractivity contribution in [3.8, 4) is 22.3 Å². The maximum Gasteiger partial charge on any atom is 4.00 e. The van der Waals surface area contributed by atoms with Gasteiger partial charge in [-0.3, -0.25) is 0 Å². The third-order valence-electron chi connectivity index (χ3n) is 7.98. The summed E-state index contributed by atoms with van der Waals surface area (Å²) < 4.78 is 0. The fourth-order valence-electron chi connectivity index (χ4n) is 5.61. The first-order valence-electron chi connectivity index (χ1n) is 16.1. The van der Waals surface area contributed by atoms with Gasteiger partial charge in [0.2, 0.25) is 0 Å². The van der Waals surface area contributed by atoms with Gasteiger partial charge in [0.1, 0.15) is 0 Å². The molecule has 0 fully saturated rings. The van der Waals surface area contributed by atoms with Crippen molar-refractivity contribution in [2.75, 3.05) is 0 Å². The van der Waals surface area contributed by atoms with E-state index in [1.807, 2.05) is 0 Å². The zero-order valence-corrected chi connectivity index (χ0v) is 33.3. The van der Waals surface area contributed by atoms with Crippen molar-refractivity contribution in [1.82, 2.24) is 0 Å². The number of unbranched alkanes of at least 4 members (excludes halogenated alkanes) is 2. The Kier molecular flexibility index (Phi) is 19.4. The normalized spacial score (nSPS) is 10.0. The van der Waals surface area contributed by atoms with Gasteiger partial charge in [0.05, 0.1) is 0 Å². The Morgan fingerprint density at radius 3 is 1.22 bits per heavy atom. The van der Waals surface area contributed by atoms with Gasteiger partial charge in [-0.2, -0.15) is 12.1 Å². The Morgan fingerprint density at radius 2 is 0.891 bits per heavy atom. The molecule has 0 heterocycles. The van der Waals surface area contributed by atoms with Crippen molar-refractivity contribution in [3.05, 3.63) is 145 Å². The SMILES string of the molecule is CCCCc1cc2c(-c3ccc(C)cc3)cccc2[cH-]1.CCCCc1cc2c(-c3ccc(C)cc3)cccc2[cH-]1.Cl.Cl.[CH2-]C[CH2-].[Hf+4]. The van der Waals surface area contributed by atoms with Crippen LogP contribution in [0.4, 0.5) is 0 Å². The second kappa shape index (κ2) is 21.4. The van der Waals surface area contributed by atoms with Gasteiger partial charge in [0.25, 0.3) is 0 Å². The molecule has 0 spiro atoms. The van der Waals surface area contributed by atoms with E-state index in [1.54, 1.807) is 0 Å². The number of hydrogen-bond acceptors (Lipinski definition) is 0. The molecule has 0 aliphatic carbocycles. The molecule has 0 bridgehead atoms. The first-order chi connectivity index (χ1) is 21.0. The van der Waals surface area contributed by atoms with Crippen LogP contribution in [0.25, 0.3) is 43.8 Å². The molecule has 3 heteroatoms. The number of aryl methyl sites for hydroxylation is 4. The van der Waals surface area contributed by atoms with E-state index < -0.39 is 0 Å². The van der Waals surface area contributed by atoms with Crippen LogP contribution in [0.15, 0.2) is 109 Å². The van der Waals surface area contributed by atoms with E-state index in [2.05, 4.69) is 151 Å². The summed E-state index contributed by atoms with van der Waals surface area (Å²) in [5, 5.41) is 5.52. The Balaban J connectivity index is 0.000000400. The summed E-state index contributed by atoms with van der Waals surface area (Å²) >= 11 is 0. The maximum atomic E-state index is 3.38. The molecule has 240 valence electrons. The predicted octanol–water partition coefficient (Wildman–Crippen LogP) is 13.6. The van der Waals surface area contributed by atoms with Gasteiger partial charge in [-0.15, -0.1) is 93.9 Å². The maximum absolute atomic E-state index is 3.38. The summed E-state index contributed by atoms with van der Waals surface area (Å²) in [6.07, 6.45) is 8.20. The second-order valence-corrected chi connectivity index (χ2v) is 11.6. The van der Waals surface area contributed by atoms with Gasteiger partial charge in [0.15, 0.2) is 0 Å². The van der Waals surface area contributed by atoms with Gasteiger partial charge in [0, 0.05) is 0 Å². The summed E-state index contributed by atoms with van der Waals surface area (Å²) in [4.78, 5) is 0. The molecule has 0 saturated heterocycles. The van der Waals surface area contributed by atoms with Crippen LogP contribution in [0.2, 0.25) is 0 Å². The molecule has 6 aromatic rings. The average molecular weight is 816 g/mol. The summed E-state index contributed by atoms with van der Waals surface area (Å²) in [5.41, 5.74) is 10.9. The zero-order valence-electron chi connectivity index (χ0n) is 28.1. The van der Waals surface area contributed by atoms with E-state index in [9.17, 15) is 0 Å². The zero-order chi connectivity index (χ0) is 30.6. The van der Waals surface area contributed by atoms with Crippen molar-refractivity contribution >= 4 is 46.4 Å². The van der Waals surface area contributed by atoms with Crippen LogP contribution in [0.3, 0.4) is 0 Å². The van der Waals surface area contributed by atoms with Crippen molar-refractivity contribution in [2.45, 2.75) is 72.6 Å². The summed E-state index contributed by atoms with van der Waals surface area (Å²) in [5.74, 6) is 0. The molecule has 0 nitrogen and oxygen atoms in total. The van der Waals surface area contributed by atoms with Crippen LogP contribution in [-0.2, 0) is 38.7 Å². The standard InChI is InChI=1S/2C20H21.C3H6.2ClH.Hf/c2*1-3-4-6-16-13-18-7-5-8-19(20(18)14-16)17-11-9-15(2)10-12-17;1-3-2;;;/h2*5,7-14H,3-4,6H2,1-2H3;1-3H2;2*1H;/q2*-1;-2;;;+4. The number of hydrogen-bond donors (Lipinski definition) is 0. The van der Waals surface area contributed by atoms with Gasteiger partial charge >= 0.3 is 25.8 Å². The van der Waals surface area contributed by atoms with Gasteiger partial charge in [-0.25, -0.2) is 0 Å². The molecule has 6 aromatic carbocycles. The number of halogens is 2. The molecule has 0 aromatic heterocycles. The van der Waals surface area contributed by atoms with Crippen LogP contribution in [0.1, 0.15) is 68.2 Å². The topological polar surface area (TPSA) is 0 Å². The predicted molar refractivity (Wildman–Crippen MR) is 206 cm³/mol. The minimum atomic E-state index is 0. The van der Waals surface area contributed by atoms with E-state index in [0.717, 1.165) is 6.42 Å². The quantitative estimate of drug-likeness (QED) is 0.106. The molecule has 6 rings (SSSR count). The van der Waals surface area contributed by atoms with E-state index in [0.29, 0.717) is 0 Å². The largest absolute Gasteiger partial charge is 4.00 e. The third kappa shape index (κ3) is 11.4. The summed E-state index contributed by atoms with van der Waals surface area (Å²) in [6.45, 7) is 15.5. The van der Waals surface area contributed by atoms with Crippen LogP contribution < -0.4 is 0 Å². The Hall–Kier alpha value is -2.45. The van der Waals surface area contributed by atoms with Crippen molar-refractivity contribution in [1.29, 1.82) is 0 Å². The minimum Gasteiger partial charge on any atom is -0.372 e. The molecule has 0 amide bonds. The van der Waals surface area contributed by atoms with Crippen molar-refractivity contribution in [2.24, 2.45) is 0 Å². The monoisotopic (exact) mass is 816 g/mol. The van der Waals surface area contributed by atoms with E-state index in [4.69, 9.17) is 0 Å². The smallest absolute Gasteiger partial charge is 0.372 e. The summed E-state index contributed by atoms with van der Waals surface area (Å²) in [6, 6.07) is 40.4. The molecular weight excluding hydrogens is 766 g/mol. The molecule has 0 radical (unpaired) electrons. The van der Waals surface area contributed by atoms with Gasteiger partial charge < -0.3 is 20.3 Å². The first kappa shape index (κ1) is 41.6. The van der Waals surface area contributed by atoms with Gasteiger partial charge in [-0.1, -0.05) is 122 Å². The molecule has 0 aliphatic heterocycles. The molecule has 0 aliphatic rings. The fraction of sp³-hybridized carbons (Fsp3) is 0.256. The van der Waals surface area contributed by atoms with Crippen molar-refractivity contribution < 1.29 is 25.8 Å². The van der Waals surface area contributed by atoms with Crippen LogP contribution in [-0.4, -0.2) is 0 Å². The molecule has 46 heavy (non-hydrogen) atoms. The number of benzene rings is 4. The van der Waals surface area contributed by atoms with Crippen LogP contribution in [0, 0.1) is 27.7 Å². The van der Waals surface area contributed by atoms with Crippen molar-refractivity contribution in [3.63, 3.8) is 0 Å².